The molecule has 100 valence electrons. The number of carbonyl (C=O) groups excluding carboxylic acids is 1. The molecule has 2 N–H and O–H groups in total. The predicted octanol–water partition coefficient (Wildman–Crippen LogP) is 0.601. The first kappa shape index (κ1) is 13.0. The van der Waals surface area contributed by atoms with Crippen molar-refractivity contribution in [2.75, 3.05) is 5.32 Å². The van der Waals surface area contributed by atoms with Gasteiger partial charge in [-0.25, -0.2) is 4.79 Å². The van der Waals surface area contributed by atoms with Crippen molar-refractivity contribution in [1.29, 1.82) is 0 Å². The van der Waals surface area contributed by atoms with Crippen LogP contribution in [0.25, 0.3) is 0 Å². The van der Waals surface area contributed by atoms with E-state index in [1.165, 1.54) is 13.1 Å². The summed E-state index contributed by atoms with van der Waals surface area (Å²) >= 11 is 0. The van der Waals surface area contributed by atoms with Gasteiger partial charge < -0.3 is 14.8 Å². The molecule has 0 radical (unpaired) electrons. The Hall–Kier alpha value is -2.41. The second-order valence-electron chi connectivity index (χ2n) is 3.88. The number of anilines is 1. The van der Waals surface area contributed by atoms with Crippen LogP contribution in [-0.4, -0.2) is 20.4 Å². The quantitative estimate of drug-likeness (QED) is 0.767. The molecule has 0 saturated heterocycles. The highest BCUT2D eigenvalue weighted by molar-refractivity contribution is 5.91. The third kappa shape index (κ3) is 3.08. The topological polar surface area (TPSA) is 97.4 Å². The Bertz CT molecular complexity index is 644. The summed E-state index contributed by atoms with van der Waals surface area (Å²) in [6.07, 6.45) is 1.43. The highest BCUT2D eigenvalue weighted by Gasteiger charge is 2.06. The van der Waals surface area contributed by atoms with Gasteiger partial charge in [-0.05, 0) is 18.2 Å². The number of aromatic nitrogens is 2. The first-order chi connectivity index (χ1) is 9.10. The molecule has 0 saturated carbocycles. The van der Waals surface area contributed by atoms with Crippen molar-refractivity contribution < 1.29 is 14.3 Å². The third-order valence-corrected chi connectivity index (χ3v) is 2.48. The number of rotatable bonds is 5. The maximum atomic E-state index is 11.4. The number of hydrogen-bond donors (Lipinski definition) is 2. The molecule has 0 fully saturated rings. The summed E-state index contributed by atoms with van der Waals surface area (Å²) in [4.78, 5) is 26.1. The number of Topliss-reactive ketones (excluding diaryl/α,β-unsaturated/α-hetero) is 1. The van der Waals surface area contributed by atoms with Crippen molar-refractivity contribution in [3.05, 3.63) is 46.4 Å². The molecule has 7 nitrogen and oxygen atoms in total. The molecule has 0 aliphatic carbocycles. The molecule has 0 atom stereocenters. The monoisotopic (exact) mass is 263 g/mol. The van der Waals surface area contributed by atoms with Crippen LogP contribution in [0, 0.1) is 0 Å². The number of furan rings is 1. The molecular formula is C12H13N3O4. The SMILES string of the molecule is CC(=O)c1ccc(CNc2ccn(CO)c(=O)n2)o1. The van der Waals surface area contributed by atoms with Crippen molar-refractivity contribution in [2.24, 2.45) is 0 Å². The maximum absolute atomic E-state index is 11.4. The number of carbonyl (C=O) groups is 1. The number of ketones is 1. The lowest BCUT2D eigenvalue weighted by molar-refractivity contribution is 0.0985. The highest BCUT2D eigenvalue weighted by Crippen LogP contribution is 2.10. The van der Waals surface area contributed by atoms with Crippen molar-refractivity contribution in [2.45, 2.75) is 20.2 Å². The first-order valence-corrected chi connectivity index (χ1v) is 5.62. The van der Waals surface area contributed by atoms with Gasteiger partial charge >= 0.3 is 5.69 Å². The molecule has 7 heteroatoms. The summed E-state index contributed by atoms with van der Waals surface area (Å²) in [5.41, 5.74) is -0.545. The van der Waals surface area contributed by atoms with E-state index in [0.717, 1.165) is 4.57 Å². The smallest absolute Gasteiger partial charge is 0.351 e. The number of hydrogen-bond acceptors (Lipinski definition) is 6. The number of aliphatic hydroxyl groups is 1. The maximum Gasteiger partial charge on any atom is 0.351 e. The van der Waals surface area contributed by atoms with Gasteiger partial charge in [0.2, 0.25) is 0 Å². The molecule has 0 spiro atoms. The molecule has 2 aromatic rings. The van der Waals surface area contributed by atoms with E-state index in [9.17, 15) is 9.59 Å². The third-order valence-electron chi connectivity index (χ3n) is 2.48. The lowest BCUT2D eigenvalue weighted by Crippen LogP contribution is -2.23. The molecule has 19 heavy (non-hydrogen) atoms. The fourth-order valence-electron chi connectivity index (χ4n) is 1.47. The first-order valence-electron chi connectivity index (χ1n) is 5.62. The zero-order valence-electron chi connectivity index (χ0n) is 10.3. The van der Waals surface area contributed by atoms with Crippen LogP contribution in [0.4, 0.5) is 5.82 Å². The van der Waals surface area contributed by atoms with Gasteiger partial charge in [0.1, 0.15) is 18.3 Å². The fraction of sp³-hybridized carbons (Fsp3) is 0.250. The Morgan fingerprint density at radius 2 is 2.26 bits per heavy atom. The zero-order chi connectivity index (χ0) is 13.8. The minimum atomic E-state index is -0.545. The molecule has 0 unspecified atom stereocenters. The van der Waals surface area contributed by atoms with E-state index in [4.69, 9.17) is 9.52 Å². The highest BCUT2D eigenvalue weighted by atomic mass is 16.3. The van der Waals surface area contributed by atoms with Gasteiger partial charge in [0.25, 0.3) is 0 Å². The van der Waals surface area contributed by atoms with Gasteiger partial charge in [-0.3, -0.25) is 9.36 Å². The van der Waals surface area contributed by atoms with Crippen LogP contribution in [-0.2, 0) is 13.3 Å². The molecule has 0 aliphatic heterocycles. The lowest BCUT2D eigenvalue weighted by Gasteiger charge is -2.04. The summed E-state index contributed by atoms with van der Waals surface area (Å²) in [6, 6.07) is 4.83. The number of aliphatic hydroxyl groups excluding tert-OH is 1. The molecule has 2 rings (SSSR count). The van der Waals surface area contributed by atoms with Gasteiger partial charge in [-0.15, -0.1) is 0 Å². The van der Waals surface area contributed by atoms with Gasteiger partial charge in [0, 0.05) is 13.1 Å². The molecule has 2 aromatic heterocycles. The fourth-order valence-corrected chi connectivity index (χ4v) is 1.47. The lowest BCUT2D eigenvalue weighted by atomic mass is 10.3. The van der Waals surface area contributed by atoms with E-state index in [-0.39, 0.29) is 5.78 Å². The Kier molecular flexibility index (Phi) is 3.76. The van der Waals surface area contributed by atoms with Crippen LogP contribution in [0.3, 0.4) is 0 Å². The van der Waals surface area contributed by atoms with Crippen LogP contribution < -0.4 is 11.0 Å². The summed E-state index contributed by atoms with van der Waals surface area (Å²) in [7, 11) is 0. The summed E-state index contributed by atoms with van der Waals surface area (Å²) < 4.78 is 6.34. The predicted molar refractivity (Wildman–Crippen MR) is 66.8 cm³/mol. The van der Waals surface area contributed by atoms with E-state index in [0.29, 0.717) is 23.9 Å². The average Bonchev–Trinajstić information content (AvgIpc) is 2.85. The van der Waals surface area contributed by atoms with E-state index in [2.05, 4.69) is 10.3 Å². The standard InChI is InChI=1S/C12H13N3O4/c1-8(17)10-3-2-9(19-10)6-13-11-4-5-15(7-16)12(18)14-11/h2-5,16H,6-7H2,1H3,(H,13,14,18). The van der Waals surface area contributed by atoms with Crippen molar-refractivity contribution in [3.8, 4) is 0 Å². The summed E-state index contributed by atoms with van der Waals surface area (Å²) in [5.74, 6) is 1.09. The van der Waals surface area contributed by atoms with Gasteiger partial charge in [-0.1, -0.05) is 0 Å². The Morgan fingerprint density at radius 3 is 2.84 bits per heavy atom. The molecule has 0 aromatic carbocycles. The second-order valence-corrected chi connectivity index (χ2v) is 3.88. The van der Waals surface area contributed by atoms with Crippen LogP contribution in [0.5, 0.6) is 0 Å². The van der Waals surface area contributed by atoms with E-state index >= 15 is 0 Å². The van der Waals surface area contributed by atoms with Crippen LogP contribution in [0.1, 0.15) is 23.2 Å². The summed E-state index contributed by atoms with van der Waals surface area (Å²) in [5, 5.41) is 11.7. The minimum absolute atomic E-state index is 0.144. The Morgan fingerprint density at radius 1 is 1.47 bits per heavy atom. The Labute approximate surface area is 108 Å². The zero-order valence-corrected chi connectivity index (χ0v) is 10.3. The molecular weight excluding hydrogens is 250 g/mol. The van der Waals surface area contributed by atoms with E-state index in [1.807, 2.05) is 0 Å². The largest absolute Gasteiger partial charge is 0.456 e. The minimum Gasteiger partial charge on any atom is -0.456 e. The number of nitrogens with zero attached hydrogens (tertiary/aromatic N) is 2. The van der Waals surface area contributed by atoms with Crippen molar-refractivity contribution in [3.63, 3.8) is 0 Å². The summed E-state index contributed by atoms with van der Waals surface area (Å²) in [6.45, 7) is 1.32. The number of nitrogens with one attached hydrogen (secondary N) is 1. The molecule has 0 amide bonds. The van der Waals surface area contributed by atoms with E-state index in [1.54, 1.807) is 18.2 Å². The van der Waals surface area contributed by atoms with Crippen molar-refractivity contribution in [1.82, 2.24) is 9.55 Å². The Balaban J connectivity index is 2.03. The van der Waals surface area contributed by atoms with Gasteiger partial charge in [-0.2, -0.15) is 4.98 Å². The molecule has 0 aliphatic rings. The van der Waals surface area contributed by atoms with Crippen LogP contribution >= 0.6 is 0 Å². The van der Waals surface area contributed by atoms with E-state index < -0.39 is 12.4 Å². The molecule has 0 bridgehead atoms. The average molecular weight is 263 g/mol. The molecule has 2 heterocycles. The van der Waals surface area contributed by atoms with Crippen LogP contribution in [0.2, 0.25) is 0 Å². The van der Waals surface area contributed by atoms with Crippen molar-refractivity contribution >= 4 is 11.6 Å². The van der Waals surface area contributed by atoms with Crippen LogP contribution in [0.15, 0.2) is 33.6 Å². The normalized spacial score (nSPS) is 10.4. The van der Waals surface area contributed by atoms with Gasteiger partial charge in [0.15, 0.2) is 11.5 Å². The van der Waals surface area contributed by atoms with Gasteiger partial charge in [0.05, 0.1) is 6.54 Å². The second kappa shape index (κ2) is 5.49.